The van der Waals surface area contributed by atoms with Crippen molar-refractivity contribution >= 4 is 11.6 Å². The van der Waals surface area contributed by atoms with Crippen molar-refractivity contribution in [1.82, 2.24) is 0 Å². The van der Waals surface area contributed by atoms with E-state index < -0.39 is 0 Å². The molecule has 0 saturated heterocycles. The first-order valence-electron chi connectivity index (χ1n) is 4.74. The van der Waals surface area contributed by atoms with Crippen molar-refractivity contribution in [3.05, 3.63) is 34.3 Å². The van der Waals surface area contributed by atoms with Crippen molar-refractivity contribution in [2.75, 3.05) is 0 Å². The molecule has 70 valence electrons. The summed E-state index contributed by atoms with van der Waals surface area (Å²) in [5.74, 6) is 0. The lowest BCUT2D eigenvalue weighted by Crippen LogP contribution is -1.98. The Morgan fingerprint density at radius 3 is 3.00 bits per heavy atom. The Kier molecular flexibility index (Phi) is 2.56. The molecule has 1 aromatic carbocycles. The van der Waals surface area contributed by atoms with Gasteiger partial charge in [0.1, 0.15) is 0 Å². The van der Waals surface area contributed by atoms with Gasteiger partial charge in [-0.15, -0.1) is 0 Å². The zero-order valence-corrected chi connectivity index (χ0v) is 8.22. The predicted molar refractivity (Wildman–Crippen MR) is 54.0 cm³/mol. The van der Waals surface area contributed by atoms with Gasteiger partial charge < -0.3 is 5.11 Å². The Morgan fingerprint density at radius 2 is 2.15 bits per heavy atom. The second kappa shape index (κ2) is 3.69. The largest absolute Gasteiger partial charge is 0.388 e. The smallest absolute Gasteiger partial charge is 0.0793 e. The van der Waals surface area contributed by atoms with E-state index in [0.717, 1.165) is 29.8 Å². The van der Waals surface area contributed by atoms with E-state index in [1.807, 2.05) is 18.2 Å². The van der Waals surface area contributed by atoms with Crippen molar-refractivity contribution in [3.63, 3.8) is 0 Å². The maximum absolute atomic E-state index is 9.81. The molecule has 1 aromatic rings. The number of aliphatic hydroxyl groups is 1. The maximum Gasteiger partial charge on any atom is 0.0793 e. The molecular weight excluding hydrogens is 184 g/mol. The third-order valence-electron chi connectivity index (χ3n) is 2.64. The number of aliphatic hydroxyl groups excluding tert-OH is 1. The van der Waals surface area contributed by atoms with E-state index >= 15 is 0 Å². The quantitative estimate of drug-likeness (QED) is 0.633. The van der Waals surface area contributed by atoms with Crippen molar-refractivity contribution < 1.29 is 5.11 Å². The highest BCUT2D eigenvalue weighted by Crippen LogP contribution is 2.30. The molecule has 1 N–H and O–H groups in total. The van der Waals surface area contributed by atoms with E-state index in [0.29, 0.717) is 0 Å². The van der Waals surface area contributed by atoms with Crippen molar-refractivity contribution in [1.29, 1.82) is 0 Å². The summed E-state index contributed by atoms with van der Waals surface area (Å²) in [5.41, 5.74) is 2.29. The predicted octanol–water partition coefficient (Wildman–Crippen LogP) is 3.10. The summed E-state index contributed by atoms with van der Waals surface area (Å²) in [6.07, 6.45) is 3.91. The lowest BCUT2D eigenvalue weighted by atomic mass is 10.0. The molecule has 2 rings (SSSR count). The zero-order chi connectivity index (χ0) is 9.26. The molecule has 1 aliphatic rings. The second-order valence-corrected chi connectivity index (χ2v) is 4.04. The molecule has 13 heavy (non-hydrogen) atoms. The van der Waals surface area contributed by atoms with Crippen LogP contribution in [0.3, 0.4) is 0 Å². The second-order valence-electron chi connectivity index (χ2n) is 3.60. The maximum atomic E-state index is 9.81. The van der Waals surface area contributed by atoms with Gasteiger partial charge in [0.2, 0.25) is 0 Å². The number of benzene rings is 1. The molecular formula is C11H13ClO. The lowest BCUT2D eigenvalue weighted by Gasteiger charge is -2.11. The molecule has 0 aliphatic heterocycles. The first kappa shape index (κ1) is 9.04. The molecule has 0 radical (unpaired) electrons. The van der Waals surface area contributed by atoms with Crippen LogP contribution in [0.25, 0.3) is 0 Å². The number of aryl methyl sites for hydroxylation is 1. The standard InChI is InChI=1S/C11H13ClO/c12-9-6-5-8-3-1-2-4-11(13)10(8)7-9/h5-7,11,13H,1-4H2. The van der Waals surface area contributed by atoms with Crippen molar-refractivity contribution in [2.45, 2.75) is 31.8 Å². The van der Waals surface area contributed by atoms with Gasteiger partial charge in [-0.2, -0.15) is 0 Å². The van der Waals surface area contributed by atoms with E-state index in [2.05, 4.69) is 0 Å². The molecule has 1 atom stereocenters. The van der Waals surface area contributed by atoms with Crippen molar-refractivity contribution in [2.24, 2.45) is 0 Å². The zero-order valence-electron chi connectivity index (χ0n) is 7.46. The van der Waals surface area contributed by atoms with Crippen LogP contribution in [0.2, 0.25) is 5.02 Å². The molecule has 2 heteroatoms. The van der Waals surface area contributed by atoms with Gasteiger partial charge in [0, 0.05) is 5.02 Å². The summed E-state index contributed by atoms with van der Waals surface area (Å²) >= 11 is 5.88. The number of fused-ring (bicyclic) bond motifs is 1. The summed E-state index contributed by atoms with van der Waals surface area (Å²) in [7, 11) is 0. The Hall–Kier alpha value is -0.530. The highest BCUT2D eigenvalue weighted by atomic mass is 35.5. The highest BCUT2D eigenvalue weighted by Gasteiger charge is 2.15. The fourth-order valence-corrected chi connectivity index (χ4v) is 2.09. The molecule has 0 fully saturated rings. The van der Waals surface area contributed by atoms with Crippen LogP contribution in [-0.4, -0.2) is 5.11 Å². The van der Waals surface area contributed by atoms with E-state index in [-0.39, 0.29) is 6.10 Å². The van der Waals surface area contributed by atoms with Crippen LogP contribution in [-0.2, 0) is 6.42 Å². The van der Waals surface area contributed by atoms with E-state index in [9.17, 15) is 5.11 Å². The van der Waals surface area contributed by atoms with Gasteiger partial charge in [0.15, 0.2) is 0 Å². The minimum absolute atomic E-state index is 0.309. The van der Waals surface area contributed by atoms with Crippen molar-refractivity contribution in [3.8, 4) is 0 Å². The monoisotopic (exact) mass is 196 g/mol. The molecule has 0 saturated carbocycles. The third kappa shape index (κ3) is 1.87. The Labute approximate surface area is 83.3 Å². The van der Waals surface area contributed by atoms with Gasteiger partial charge in [-0.25, -0.2) is 0 Å². The number of hydrogen-bond donors (Lipinski definition) is 1. The van der Waals surface area contributed by atoms with Gasteiger partial charge in [-0.05, 0) is 42.5 Å². The highest BCUT2D eigenvalue weighted by molar-refractivity contribution is 6.30. The molecule has 1 aliphatic carbocycles. The van der Waals surface area contributed by atoms with E-state index in [1.165, 1.54) is 12.0 Å². The molecule has 0 amide bonds. The number of rotatable bonds is 0. The minimum Gasteiger partial charge on any atom is -0.388 e. The summed E-state index contributed by atoms with van der Waals surface area (Å²) in [5, 5.41) is 10.5. The fourth-order valence-electron chi connectivity index (χ4n) is 1.91. The molecule has 1 nitrogen and oxygen atoms in total. The molecule has 0 spiro atoms. The summed E-state index contributed by atoms with van der Waals surface area (Å²) in [6.45, 7) is 0. The number of halogens is 1. The average Bonchev–Trinajstić information content (AvgIpc) is 2.29. The first-order valence-corrected chi connectivity index (χ1v) is 5.11. The number of hydrogen-bond acceptors (Lipinski definition) is 1. The summed E-state index contributed by atoms with van der Waals surface area (Å²) in [6, 6.07) is 5.83. The van der Waals surface area contributed by atoms with Gasteiger partial charge >= 0.3 is 0 Å². The van der Waals surface area contributed by atoms with Gasteiger partial charge in [-0.3, -0.25) is 0 Å². The van der Waals surface area contributed by atoms with Crippen LogP contribution in [0, 0.1) is 0 Å². The molecule has 0 aromatic heterocycles. The normalized spacial score (nSPS) is 22.2. The Morgan fingerprint density at radius 1 is 1.31 bits per heavy atom. The van der Waals surface area contributed by atoms with Crippen LogP contribution in [0.15, 0.2) is 18.2 Å². The average molecular weight is 197 g/mol. The summed E-state index contributed by atoms with van der Waals surface area (Å²) < 4.78 is 0. The summed E-state index contributed by atoms with van der Waals surface area (Å²) in [4.78, 5) is 0. The SMILES string of the molecule is OC1CCCCc2ccc(Cl)cc21. The topological polar surface area (TPSA) is 20.2 Å². The van der Waals surface area contributed by atoms with Crippen LogP contribution in [0.5, 0.6) is 0 Å². The minimum atomic E-state index is -0.309. The van der Waals surface area contributed by atoms with Crippen LogP contribution in [0.4, 0.5) is 0 Å². The van der Waals surface area contributed by atoms with Crippen LogP contribution < -0.4 is 0 Å². The van der Waals surface area contributed by atoms with E-state index in [1.54, 1.807) is 0 Å². The fraction of sp³-hybridized carbons (Fsp3) is 0.455. The molecule has 0 heterocycles. The van der Waals surface area contributed by atoms with Gasteiger partial charge in [-0.1, -0.05) is 24.1 Å². The van der Waals surface area contributed by atoms with Gasteiger partial charge in [0.25, 0.3) is 0 Å². The Balaban J connectivity index is 2.43. The third-order valence-corrected chi connectivity index (χ3v) is 2.88. The first-order chi connectivity index (χ1) is 6.27. The van der Waals surface area contributed by atoms with E-state index in [4.69, 9.17) is 11.6 Å². The van der Waals surface area contributed by atoms with Crippen LogP contribution >= 0.6 is 11.6 Å². The van der Waals surface area contributed by atoms with Gasteiger partial charge in [0.05, 0.1) is 6.10 Å². The molecule has 0 bridgehead atoms. The van der Waals surface area contributed by atoms with Crippen LogP contribution in [0.1, 0.15) is 36.5 Å². The lowest BCUT2D eigenvalue weighted by molar-refractivity contribution is 0.166. The Bertz CT molecular complexity index is 309. The molecule has 1 unspecified atom stereocenters.